The first-order valence-corrected chi connectivity index (χ1v) is 5.73. The third-order valence-electron chi connectivity index (χ3n) is 2.51. The molecule has 0 aliphatic heterocycles. The first-order valence-electron chi connectivity index (χ1n) is 5.73. The van der Waals surface area contributed by atoms with Crippen molar-refractivity contribution in [1.29, 1.82) is 0 Å². The zero-order valence-electron chi connectivity index (χ0n) is 10.9. The third-order valence-corrected chi connectivity index (χ3v) is 2.51. The van der Waals surface area contributed by atoms with E-state index in [1.54, 1.807) is 0 Å². The molecule has 1 N–H and O–H groups in total. The average Bonchev–Trinajstić information content (AvgIpc) is 2.38. The SMILES string of the molecule is C=c1nc(CC(C)(C)C)n(CCNC)c1=C. The van der Waals surface area contributed by atoms with Crippen LogP contribution in [-0.4, -0.2) is 23.1 Å². The van der Waals surface area contributed by atoms with E-state index in [1.165, 1.54) is 0 Å². The zero-order valence-corrected chi connectivity index (χ0v) is 10.9. The molecule has 0 aromatic carbocycles. The Morgan fingerprint density at radius 2 is 1.94 bits per heavy atom. The Morgan fingerprint density at radius 1 is 1.31 bits per heavy atom. The lowest BCUT2D eigenvalue weighted by atomic mass is 9.92. The number of likely N-dealkylation sites (N-methyl/N-ethyl adjacent to an activating group) is 1. The van der Waals surface area contributed by atoms with Gasteiger partial charge in [-0.25, -0.2) is 4.98 Å². The Bertz CT molecular complexity index is 437. The smallest absolute Gasteiger partial charge is 0.110 e. The number of nitrogens with zero attached hydrogens (tertiary/aromatic N) is 2. The minimum atomic E-state index is 0.238. The van der Waals surface area contributed by atoms with Gasteiger partial charge in [0.15, 0.2) is 0 Å². The van der Waals surface area contributed by atoms with Crippen molar-refractivity contribution in [3.63, 3.8) is 0 Å². The topological polar surface area (TPSA) is 29.9 Å². The van der Waals surface area contributed by atoms with Gasteiger partial charge < -0.3 is 9.88 Å². The summed E-state index contributed by atoms with van der Waals surface area (Å²) in [5.41, 5.74) is 0.238. The van der Waals surface area contributed by atoms with Crippen molar-refractivity contribution >= 4 is 13.2 Å². The summed E-state index contributed by atoms with van der Waals surface area (Å²) < 4.78 is 2.17. The minimum Gasteiger partial charge on any atom is -0.327 e. The van der Waals surface area contributed by atoms with E-state index in [0.29, 0.717) is 0 Å². The number of rotatable bonds is 4. The van der Waals surface area contributed by atoms with Crippen LogP contribution in [-0.2, 0) is 13.0 Å². The lowest BCUT2D eigenvalue weighted by molar-refractivity contribution is 0.390. The molecule has 1 rings (SSSR count). The van der Waals surface area contributed by atoms with E-state index >= 15 is 0 Å². The van der Waals surface area contributed by atoms with Crippen LogP contribution in [0.4, 0.5) is 0 Å². The van der Waals surface area contributed by atoms with Crippen LogP contribution in [0.25, 0.3) is 13.2 Å². The van der Waals surface area contributed by atoms with Crippen LogP contribution in [0, 0.1) is 5.41 Å². The lowest BCUT2D eigenvalue weighted by Crippen LogP contribution is -2.30. The summed E-state index contributed by atoms with van der Waals surface area (Å²) in [5.74, 6) is 1.10. The standard InChI is InChI=1S/C13H23N3/c1-10-11(2)16(8-7-14-6)12(15-10)9-13(3,4)5/h14H,1-2,7-9H2,3-6H3. The molecule has 0 amide bonds. The molecule has 1 heterocycles. The van der Waals surface area contributed by atoms with Crippen LogP contribution in [0.1, 0.15) is 26.6 Å². The largest absolute Gasteiger partial charge is 0.327 e. The maximum Gasteiger partial charge on any atom is 0.110 e. The van der Waals surface area contributed by atoms with E-state index in [0.717, 1.165) is 36.0 Å². The van der Waals surface area contributed by atoms with E-state index in [1.807, 2.05) is 7.05 Å². The monoisotopic (exact) mass is 221 g/mol. The lowest BCUT2D eigenvalue weighted by Gasteiger charge is -2.18. The normalized spacial score (nSPS) is 12.0. The van der Waals surface area contributed by atoms with Crippen LogP contribution in [0.2, 0.25) is 0 Å². The predicted molar refractivity (Wildman–Crippen MR) is 69.6 cm³/mol. The second-order valence-electron chi connectivity index (χ2n) is 5.41. The summed E-state index contributed by atoms with van der Waals surface area (Å²) in [5, 5.41) is 4.89. The van der Waals surface area contributed by atoms with Crippen molar-refractivity contribution in [1.82, 2.24) is 14.9 Å². The molecular formula is C13H23N3. The van der Waals surface area contributed by atoms with Crippen molar-refractivity contribution in [3.05, 3.63) is 16.5 Å². The molecule has 90 valence electrons. The second kappa shape index (κ2) is 4.83. The van der Waals surface area contributed by atoms with Gasteiger partial charge in [0.1, 0.15) is 5.82 Å². The van der Waals surface area contributed by atoms with E-state index < -0.39 is 0 Å². The van der Waals surface area contributed by atoms with Crippen molar-refractivity contribution in [2.24, 2.45) is 5.41 Å². The van der Waals surface area contributed by atoms with Gasteiger partial charge in [-0.15, -0.1) is 0 Å². The Balaban J connectivity index is 3.04. The molecule has 16 heavy (non-hydrogen) atoms. The summed E-state index contributed by atoms with van der Waals surface area (Å²) in [4.78, 5) is 4.51. The van der Waals surface area contributed by atoms with Crippen LogP contribution in [0.15, 0.2) is 0 Å². The number of hydrogen-bond donors (Lipinski definition) is 1. The molecule has 1 aromatic heterocycles. The number of aromatic nitrogens is 2. The summed E-state index contributed by atoms with van der Waals surface area (Å²) in [6.07, 6.45) is 0.953. The van der Waals surface area contributed by atoms with Crippen molar-refractivity contribution < 1.29 is 0 Å². The molecule has 0 saturated carbocycles. The van der Waals surface area contributed by atoms with E-state index in [4.69, 9.17) is 0 Å². The van der Waals surface area contributed by atoms with Crippen LogP contribution in [0.5, 0.6) is 0 Å². The fourth-order valence-electron chi connectivity index (χ4n) is 1.69. The Hall–Kier alpha value is -1.09. The van der Waals surface area contributed by atoms with Gasteiger partial charge >= 0.3 is 0 Å². The molecule has 1 aromatic rings. The average molecular weight is 221 g/mol. The van der Waals surface area contributed by atoms with Crippen LogP contribution >= 0.6 is 0 Å². The van der Waals surface area contributed by atoms with Gasteiger partial charge in [-0.1, -0.05) is 33.9 Å². The molecule has 0 bridgehead atoms. The molecular weight excluding hydrogens is 198 g/mol. The summed E-state index contributed by atoms with van der Waals surface area (Å²) in [7, 11) is 1.95. The maximum absolute atomic E-state index is 4.51. The van der Waals surface area contributed by atoms with Gasteiger partial charge in [0.25, 0.3) is 0 Å². The van der Waals surface area contributed by atoms with E-state index in [9.17, 15) is 0 Å². The number of nitrogens with one attached hydrogen (secondary N) is 1. The maximum atomic E-state index is 4.51. The highest BCUT2D eigenvalue weighted by Gasteiger charge is 2.16. The summed E-state index contributed by atoms with van der Waals surface area (Å²) >= 11 is 0. The van der Waals surface area contributed by atoms with Gasteiger partial charge in [-0.05, 0) is 12.5 Å². The molecule has 0 spiro atoms. The van der Waals surface area contributed by atoms with Crippen molar-refractivity contribution in [2.45, 2.75) is 33.7 Å². The Kier molecular flexibility index (Phi) is 3.92. The van der Waals surface area contributed by atoms with Gasteiger partial charge in [-0.3, -0.25) is 0 Å². The minimum absolute atomic E-state index is 0.238. The highest BCUT2D eigenvalue weighted by molar-refractivity contribution is 5.09. The van der Waals surface area contributed by atoms with Crippen molar-refractivity contribution in [2.75, 3.05) is 13.6 Å². The van der Waals surface area contributed by atoms with E-state index in [-0.39, 0.29) is 5.41 Å². The molecule has 0 aliphatic rings. The molecule has 3 heteroatoms. The van der Waals surface area contributed by atoms with Crippen LogP contribution in [0.3, 0.4) is 0 Å². The zero-order chi connectivity index (χ0) is 12.3. The summed E-state index contributed by atoms with van der Waals surface area (Å²) in [6, 6.07) is 0. The van der Waals surface area contributed by atoms with Gasteiger partial charge in [0.2, 0.25) is 0 Å². The van der Waals surface area contributed by atoms with Gasteiger partial charge in [0.05, 0.1) is 10.7 Å². The first kappa shape index (κ1) is 13.0. The molecule has 0 aliphatic carbocycles. The Labute approximate surface area is 97.9 Å². The fourth-order valence-corrected chi connectivity index (χ4v) is 1.69. The van der Waals surface area contributed by atoms with E-state index in [2.05, 4.69) is 48.8 Å². The molecule has 0 fully saturated rings. The molecule has 0 radical (unpaired) electrons. The van der Waals surface area contributed by atoms with Crippen molar-refractivity contribution in [3.8, 4) is 0 Å². The highest BCUT2D eigenvalue weighted by atomic mass is 15.1. The third kappa shape index (κ3) is 3.20. The Morgan fingerprint density at radius 3 is 2.44 bits per heavy atom. The van der Waals surface area contributed by atoms with Gasteiger partial charge in [-0.2, -0.15) is 0 Å². The highest BCUT2D eigenvalue weighted by Crippen LogP contribution is 2.18. The summed E-state index contributed by atoms with van der Waals surface area (Å²) in [6.45, 7) is 16.4. The number of imidazole rings is 1. The predicted octanol–water partition coefficient (Wildman–Crippen LogP) is 0.512. The first-order chi connectivity index (χ1) is 7.35. The molecule has 0 saturated heterocycles. The quantitative estimate of drug-likeness (QED) is 0.803. The molecule has 0 unspecified atom stereocenters. The number of hydrogen-bond acceptors (Lipinski definition) is 2. The van der Waals surface area contributed by atoms with Gasteiger partial charge in [0, 0.05) is 19.5 Å². The fraction of sp³-hybridized carbons (Fsp3) is 0.615. The van der Waals surface area contributed by atoms with Crippen LogP contribution < -0.4 is 16.0 Å². The second-order valence-corrected chi connectivity index (χ2v) is 5.41. The molecule has 3 nitrogen and oxygen atoms in total. The molecule has 0 atom stereocenters.